The number of benzene rings is 2. The second kappa shape index (κ2) is 13.7. The molecule has 0 bridgehead atoms. The smallest absolute Gasteiger partial charge is 0.414 e. The summed E-state index contributed by atoms with van der Waals surface area (Å²) in [6.45, 7) is 4.80. The third-order valence-corrected chi connectivity index (χ3v) is 4.67. The quantitative estimate of drug-likeness (QED) is 0.345. The van der Waals surface area contributed by atoms with Gasteiger partial charge in [-0.1, -0.05) is 50.5 Å². The predicted molar refractivity (Wildman–Crippen MR) is 125 cm³/mol. The highest BCUT2D eigenvalue weighted by molar-refractivity contribution is 6.27. The van der Waals surface area contributed by atoms with Gasteiger partial charge in [0.05, 0.1) is 13.2 Å². The molecule has 3 rings (SSSR count). The van der Waals surface area contributed by atoms with Crippen LogP contribution in [0.25, 0.3) is 0 Å². The molecule has 8 nitrogen and oxygen atoms in total. The first-order valence-electron chi connectivity index (χ1n) is 10.8. The molecule has 0 saturated carbocycles. The van der Waals surface area contributed by atoms with Crippen molar-refractivity contribution >= 4 is 23.6 Å². The summed E-state index contributed by atoms with van der Waals surface area (Å²) in [4.78, 5) is 22.5. The number of aliphatic carboxylic acids is 2. The number of carbonyl (C=O) groups is 2. The van der Waals surface area contributed by atoms with Crippen LogP contribution in [0.1, 0.15) is 43.7 Å². The third-order valence-electron chi connectivity index (χ3n) is 4.67. The van der Waals surface area contributed by atoms with Crippen LogP contribution in [-0.2, 0) is 16.0 Å². The highest BCUT2D eigenvalue weighted by Gasteiger charge is 2.05. The van der Waals surface area contributed by atoms with Gasteiger partial charge >= 0.3 is 11.9 Å². The van der Waals surface area contributed by atoms with Gasteiger partial charge in [0.1, 0.15) is 5.75 Å². The van der Waals surface area contributed by atoms with E-state index in [9.17, 15) is 0 Å². The van der Waals surface area contributed by atoms with Crippen LogP contribution in [0.4, 0.5) is 5.69 Å². The lowest BCUT2D eigenvalue weighted by Crippen LogP contribution is -2.26. The van der Waals surface area contributed by atoms with E-state index in [0.29, 0.717) is 0 Å². The lowest BCUT2D eigenvalue weighted by Gasteiger charge is -2.09. The van der Waals surface area contributed by atoms with Crippen molar-refractivity contribution in [1.82, 2.24) is 5.32 Å². The fourth-order valence-electron chi connectivity index (χ4n) is 2.98. The Bertz CT molecular complexity index is 868. The molecule has 172 valence electrons. The molecule has 0 spiro atoms. The second-order valence-corrected chi connectivity index (χ2v) is 7.32. The number of guanidine groups is 1. The Labute approximate surface area is 188 Å². The summed E-state index contributed by atoms with van der Waals surface area (Å²) in [7, 11) is 0. The Hall–Kier alpha value is -3.55. The van der Waals surface area contributed by atoms with E-state index in [1.54, 1.807) is 0 Å². The SMILES string of the molecule is CCCCCCOc1ccc(Cc2ccc(NC3=NCCN3)cc2)cc1.O=C(O)C(=O)O. The maximum atomic E-state index is 9.10. The Morgan fingerprint density at radius 1 is 0.969 bits per heavy atom. The molecule has 2 aromatic rings. The molecule has 1 heterocycles. The molecule has 0 fully saturated rings. The first kappa shape index (κ1) is 24.7. The van der Waals surface area contributed by atoms with Crippen LogP contribution >= 0.6 is 0 Å². The number of carboxylic acid groups (broad SMARTS) is 2. The second-order valence-electron chi connectivity index (χ2n) is 7.32. The fraction of sp³-hybridized carbons (Fsp3) is 0.375. The summed E-state index contributed by atoms with van der Waals surface area (Å²) in [5, 5.41) is 21.3. The average molecular weight is 442 g/mol. The number of unbranched alkanes of at least 4 members (excludes halogenated alkanes) is 3. The van der Waals surface area contributed by atoms with E-state index in [1.165, 1.54) is 30.4 Å². The summed E-state index contributed by atoms with van der Waals surface area (Å²) in [5.41, 5.74) is 3.66. The van der Waals surface area contributed by atoms with Crippen LogP contribution in [0.3, 0.4) is 0 Å². The number of hydrogen-bond acceptors (Lipinski definition) is 6. The van der Waals surface area contributed by atoms with E-state index >= 15 is 0 Å². The van der Waals surface area contributed by atoms with E-state index in [4.69, 9.17) is 24.5 Å². The van der Waals surface area contributed by atoms with Gasteiger partial charge in [-0.05, 0) is 48.2 Å². The molecule has 8 heteroatoms. The van der Waals surface area contributed by atoms with E-state index < -0.39 is 11.9 Å². The average Bonchev–Trinajstić information content (AvgIpc) is 3.29. The van der Waals surface area contributed by atoms with Gasteiger partial charge in [-0.25, -0.2) is 9.59 Å². The van der Waals surface area contributed by atoms with Crippen molar-refractivity contribution < 1.29 is 24.5 Å². The van der Waals surface area contributed by atoms with Crippen LogP contribution in [0, 0.1) is 0 Å². The van der Waals surface area contributed by atoms with Crippen molar-refractivity contribution in [3.8, 4) is 5.75 Å². The van der Waals surface area contributed by atoms with E-state index in [2.05, 4.69) is 71.1 Å². The molecule has 0 saturated heterocycles. The van der Waals surface area contributed by atoms with Gasteiger partial charge in [0, 0.05) is 12.2 Å². The summed E-state index contributed by atoms with van der Waals surface area (Å²) in [5.74, 6) is -1.82. The molecule has 0 aromatic heterocycles. The van der Waals surface area contributed by atoms with Gasteiger partial charge in [0.15, 0.2) is 5.96 Å². The molecule has 0 atom stereocenters. The first-order chi connectivity index (χ1) is 15.5. The van der Waals surface area contributed by atoms with Gasteiger partial charge in [-0.15, -0.1) is 0 Å². The Morgan fingerprint density at radius 2 is 1.59 bits per heavy atom. The number of aliphatic imine (C=N–C) groups is 1. The van der Waals surface area contributed by atoms with E-state index in [-0.39, 0.29) is 0 Å². The van der Waals surface area contributed by atoms with Crippen LogP contribution in [-0.4, -0.2) is 47.8 Å². The molecule has 0 radical (unpaired) electrons. The minimum absolute atomic E-state index is 0.813. The topological polar surface area (TPSA) is 120 Å². The number of anilines is 1. The van der Waals surface area contributed by atoms with Gasteiger partial charge in [0.25, 0.3) is 0 Å². The highest BCUT2D eigenvalue weighted by atomic mass is 16.5. The number of nitrogens with one attached hydrogen (secondary N) is 2. The van der Waals surface area contributed by atoms with E-state index in [1.807, 2.05) is 0 Å². The standard InChI is InChI=1S/C22H29N3O.C2H2O4/c1-2-3-4-5-16-26-21-12-8-19(9-13-21)17-18-6-10-20(11-7-18)25-22-23-14-15-24-22;3-1(4)2(5)6/h6-13H,2-5,14-17H2,1H3,(H2,23,24,25);(H,3,4)(H,5,6). The maximum Gasteiger partial charge on any atom is 0.414 e. The minimum atomic E-state index is -1.82. The van der Waals surface area contributed by atoms with Crippen molar-refractivity contribution in [2.45, 2.75) is 39.0 Å². The highest BCUT2D eigenvalue weighted by Crippen LogP contribution is 2.17. The molecule has 0 aliphatic carbocycles. The van der Waals surface area contributed by atoms with Crippen LogP contribution < -0.4 is 15.4 Å². The van der Waals surface area contributed by atoms with Crippen LogP contribution in [0.5, 0.6) is 5.75 Å². The molecule has 0 unspecified atom stereocenters. The molecule has 0 amide bonds. The van der Waals surface area contributed by atoms with Crippen molar-refractivity contribution in [1.29, 1.82) is 0 Å². The molecular weight excluding hydrogens is 410 g/mol. The summed E-state index contributed by atoms with van der Waals surface area (Å²) in [6, 6.07) is 17.0. The molecule has 2 aromatic carbocycles. The van der Waals surface area contributed by atoms with Crippen molar-refractivity contribution in [3.63, 3.8) is 0 Å². The summed E-state index contributed by atoms with van der Waals surface area (Å²) >= 11 is 0. The molecule has 1 aliphatic heterocycles. The molecular formula is C24H31N3O5. The van der Waals surface area contributed by atoms with Crippen LogP contribution in [0.15, 0.2) is 53.5 Å². The van der Waals surface area contributed by atoms with Crippen molar-refractivity contribution in [2.24, 2.45) is 4.99 Å². The lowest BCUT2D eigenvalue weighted by molar-refractivity contribution is -0.159. The number of nitrogens with zero attached hydrogens (tertiary/aromatic N) is 1. The number of ether oxygens (including phenoxy) is 1. The Balaban J connectivity index is 0.000000534. The Morgan fingerprint density at radius 3 is 2.12 bits per heavy atom. The summed E-state index contributed by atoms with van der Waals surface area (Å²) in [6.07, 6.45) is 5.87. The molecule has 4 N–H and O–H groups in total. The monoisotopic (exact) mass is 441 g/mol. The van der Waals surface area contributed by atoms with Gasteiger partial charge in [-0.2, -0.15) is 0 Å². The number of carboxylic acids is 2. The van der Waals surface area contributed by atoms with Gasteiger partial charge in [-0.3, -0.25) is 4.99 Å². The largest absolute Gasteiger partial charge is 0.494 e. The zero-order valence-corrected chi connectivity index (χ0v) is 18.3. The van der Waals surface area contributed by atoms with Crippen LogP contribution in [0.2, 0.25) is 0 Å². The third kappa shape index (κ3) is 9.51. The molecule has 32 heavy (non-hydrogen) atoms. The number of hydrogen-bond donors (Lipinski definition) is 4. The van der Waals surface area contributed by atoms with E-state index in [0.717, 1.165) is 49.9 Å². The predicted octanol–water partition coefficient (Wildman–Crippen LogP) is 3.76. The van der Waals surface area contributed by atoms with Crippen molar-refractivity contribution in [2.75, 3.05) is 25.0 Å². The first-order valence-corrected chi connectivity index (χ1v) is 10.8. The lowest BCUT2D eigenvalue weighted by atomic mass is 10.0. The zero-order valence-electron chi connectivity index (χ0n) is 18.3. The number of rotatable bonds is 9. The molecule has 1 aliphatic rings. The maximum absolute atomic E-state index is 9.10. The normalized spacial score (nSPS) is 12.1. The summed E-state index contributed by atoms with van der Waals surface area (Å²) < 4.78 is 5.81. The Kier molecular flexibility index (Phi) is 10.6. The van der Waals surface area contributed by atoms with Crippen molar-refractivity contribution in [3.05, 3.63) is 59.7 Å². The van der Waals surface area contributed by atoms with Gasteiger partial charge in [0.2, 0.25) is 0 Å². The van der Waals surface area contributed by atoms with Gasteiger partial charge < -0.3 is 25.6 Å². The minimum Gasteiger partial charge on any atom is -0.494 e. The zero-order chi connectivity index (χ0) is 23.2. The fourth-order valence-corrected chi connectivity index (χ4v) is 2.98.